The summed E-state index contributed by atoms with van der Waals surface area (Å²) in [6.45, 7) is 1.53. The fourth-order valence-corrected chi connectivity index (χ4v) is 2.62. The summed E-state index contributed by atoms with van der Waals surface area (Å²) in [5.41, 5.74) is -1.33. The van der Waals surface area contributed by atoms with Crippen molar-refractivity contribution in [3.8, 4) is 5.75 Å². The van der Waals surface area contributed by atoms with Crippen molar-refractivity contribution in [1.82, 2.24) is 4.57 Å². The fraction of sp³-hybridized carbons (Fsp3) is 0.267. The van der Waals surface area contributed by atoms with Gasteiger partial charge in [-0.05, 0) is 19.1 Å². The molecule has 0 fully saturated rings. The molecule has 0 bridgehead atoms. The molecule has 0 aliphatic carbocycles. The lowest BCUT2D eigenvalue weighted by Crippen LogP contribution is -2.27. The molecule has 2 N–H and O–H groups in total. The van der Waals surface area contributed by atoms with Crippen molar-refractivity contribution >= 4 is 45.9 Å². The molecule has 2 rings (SSSR count). The number of carboxylic acids is 1. The predicted octanol–water partition coefficient (Wildman–Crippen LogP) is 2.67. The van der Waals surface area contributed by atoms with E-state index in [1.807, 2.05) is 0 Å². The molecule has 7 nitrogen and oxygen atoms in total. The van der Waals surface area contributed by atoms with Crippen LogP contribution in [-0.2, 0) is 16.1 Å². The largest absolute Gasteiger partial charge is 0.505 e. The number of rotatable bonds is 5. The summed E-state index contributed by atoms with van der Waals surface area (Å²) < 4.78 is 5.56. The van der Waals surface area contributed by atoms with Gasteiger partial charge in [-0.3, -0.25) is 14.2 Å². The average Bonchev–Trinajstić information content (AvgIpc) is 2.51. The van der Waals surface area contributed by atoms with E-state index in [2.05, 4.69) is 0 Å². The minimum atomic E-state index is -1.51. The van der Waals surface area contributed by atoms with Gasteiger partial charge in [-0.2, -0.15) is 0 Å². The Labute approximate surface area is 146 Å². The molecule has 0 radical (unpaired) electrons. The average molecular weight is 374 g/mol. The zero-order valence-corrected chi connectivity index (χ0v) is 14.0. The Kier molecular flexibility index (Phi) is 5.36. The first kappa shape index (κ1) is 18.1. The summed E-state index contributed by atoms with van der Waals surface area (Å²) in [6, 6.07) is 2.46. The highest BCUT2D eigenvalue weighted by Gasteiger charge is 2.23. The van der Waals surface area contributed by atoms with Gasteiger partial charge in [0.15, 0.2) is 11.4 Å². The van der Waals surface area contributed by atoms with Crippen LogP contribution in [-0.4, -0.2) is 33.3 Å². The monoisotopic (exact) mass is 373 g/mol. The molecule has 1 aromatic heterocycles. The molecule has 1 aromatic carbocycles. The number of halogens is 2. The molecule has 0 spiro atoms. The van der Waals surface area contributed by atoms with Gasteiger partial charge in [0.2, 0.25) is 0 Å². The first-order chi connectivity index (χ1) is 11.3. The van der Waals surface area contributed by atoms with Gasteiger partial charge in [-0.25, -0.2) is 4.79 Å². The molecule has 0 aliphatic rings. The Morgan fingerprint density at radius 2 is 1.79 bits per heavy atom. The molecular formula is C15H13Cl2NO6. The summed E-state index contributed by atoms with van der Waals surface area (Å²) in [6.07, 6.45) is -0.222. The third-order valence-corrected chi connectivity index (χ3v) is 4.05. The van der Waals surface area contributed by atoms with Gasteiger partial charge >= 0.3 is 11.9 Å². The van der Waals surface area contributed by atoms with Gasteiger partial charge in [0.1, 0.15) is 0 Å². The van der Waals surface area contributed by atoms with Crippen molar-refractivity contribution in [2.45, 2.75) is 19.9 Å². The number of fused-ring (bicyclic) bond motifs is 1. The molecule has 0 saturated heterocycles. The second-order valence-corrected chi connectivity index (χ2v) is 5.64. The minimum absolute atomic E-state index is 0.00393. The van der Waals surface area contributed by atoms with E-state index in [1.54, 1.807) is 6.92 Å². The summed E-state index contributed by atoms with van der Waals surface area (Å²) in [4.78, 5) is 35.5. The van der Waals surface area contributed by atoms with Crippen LogP contribution >= 0.6 is 23.2 Å². The molecule has 0 atom stereocenters. The maximum Gasteiger partial charge on any atom is 0.356 e. The number of carbonyl (C=O) groups excluding carboxylic acids is 1. The van der Waals surface area contributed by atoms with Crippen molar-refractivity contribution in [2.24, 2.45) is 0 Å². The quantitative estimate of drug-likeness (QED) is 0.780. The number of carboxylic acid groups (broad SMARTS) is 1. The summed E-state index contributed by atoms with van der Waals surface area (Å²) >= 11 is 11.7. The number of aromatic hydroxyl groups is 1. The molecule has 9 heteroatoms. The van der Waals surface area contributed by atoms with E-state index in [1.165, 1.54) is 12.1 Å². The highest BCUT2D eigenvalue weighted by molar-refractivity contribution is 6.42. The number of nitrogens with zero attached hydrogens (tertiary/aromatic N) is 1. The van der Waals surface area contributed by atoms with Crippen LogP contribution in [0, 0.1) is 0 Å². The van der Waals surface area contributed by atoms with Crippen LogP contribution < -0.4 is 5.56 Å². The molecule has 2 aromatic rings. The van der Waals surface area contributed by atoms with Crippen LogP contribution in [0.25, 0.3) is 10.8 Å². The third kappa shape index (κ3) is 3.32. The molecule has 0 amide bonds. The van der Waals surface area contributed by atoms with E-state index in [4.69, 9.17) is 27.9 Å². The van der Waals surface area contributed by atoms with Crippen molar-refractivity contribution in [2.75, 3.05) is 6.61 Å². The number of esters is 1. The van der Waals surface area contributed by atoms with E-state index in [-0.39, 0.29) is 40.4 Å². The van der Waals surface area contributed by atoms with Crippen molar-refractivity contribution < 1.29 is 24.5 Å². The molecule has 0 aliphatic heterocycles. The highest BCUT2D eigenvalue weighted by atomic mass is 35.5. The van der Waals surface area contributed by atoms with Crippen LogP contribution in [0.3, 0.4) is 0 Å². The Hall–Kier alpha value is -2.25. The Balaban J connectivity index is 2.68. The second-order valence-electron chi connectivity index (χ2n) is 4.83. The van der Waals surface area contributed by atoms with Gasteiger partial charge in [-0.1, -0.05) is 23.2 Å². The van der Waals surface area contributed by atoms with Gasteiger partial charge in [0, 0.05) is 11.9 Å². The van der Waals surface area contributed by atoms with Gasteiger partial charge in [0.25, 0.3) is 5.56 Å². The van der Waals surface area contributed by atoms with Crippen molar-refractivity contribution in [3.05, 3.63) is 38.2 Å². The number of hydrogen-bond acceptors (Lipinski definition) is 5. The first-order valence-electron chi connectivity index (χ1n) is 6.91. The lowest BCUT2D eigenvalue weighted by molar-refractivity contribution is -0.143. The fourth-order valence-electron chi connectivity index (χ4n) is 2.29. The summed E-state index contributed by atoms with van der Waals surface area (Å²) in [5, 5.41) is 19.7. The predicted molar refractivity (Wildman–Crippen MR) is 88.1 cm³/mol. The van der Waals surface area contributed by atoms with Crippen LogP contribution in [0.15, 0.2) is 16.9 Å². The van der Waals surface area contributed by atoms with Crippen LogP contribution in [0.4, 0.5) is 0 Å². The third-order valence-electron chi connectivity index (χ3n) is 3.33. The number of hydrogen-bond donors (Lipinski definition) is 2. The maximum absolute atomic E-state index is 12.6. The van der Waals surface area contributed by atoms with Crippen molar-refractivity contribution in [3.63, 3.8) is 0 Å². The van der Waals surface area contributed by atoms with Crippen molar-refractivity contribution in [1.29, 1.82) is 0 Å². The highest BCUT2D eigenvalue weighted by Crippen LogP contribution is 2.33. The summed E-state index contributed by atoms with van der Waals surface area (Å²) in [5.74, 6) is -2.73. The minimum Gasteiger partial charge on any atom is -0.505 e. The molecule has 1 heterocycles. The Morgan fingerprint density at radius 1 is 1.21 bits per heavy atom. The van der Waals surface area contributed by atoms with E-state index in [9.17, 15) is 24.6 Å². The Morgan fingerprint density at radius 3 is 2.33 bits per heavy atom. The zero-order chi connectivity index (χ0) is 18.0. The van der Waals surface area contributed by atoms with E-state index >= 15 is 0 Å². The molecule has 0 unspecified atom stereocenters. The van der Waals surface area contributed by atoms with E-state index in [0.717, 1.165) is 4.57 Å². The molecule has 0 saturated carbocycles. The normalized spacial score (nSPS) is 10.8. The van der Waals surface area contributed by atoms with Gasteiger partial charge in [-0.15, -0.1) is 0 Å². The van der Waals surface area contributed by atoms with E-state index in [0.29, 0.717) is 0 Å². The maximum atomic E-state index is 12.6. The molecule has 128 valence electrons. The van der Waals surface area contributed by atoms with Gasteiger partial charge < -0.3 is 14.9 Å². The Bertz CT molecular complexity index is 890. The standard InChI is InChI=1S/C15H13Cl2NO6/c1-2-24-11(19)3-4-18-12(15(22)23)13(20)7-5-9(16)10(17)6-8(7)14(18)21/h5-6,20H,2-4H2,1H3,(H,22,23). The van der Waals surface area contributed by atoms with Crippen LogP contribution in [0.5, 0.6) is 5.75 Å². The van der Waals surface area contributed by atoms with Crippen LogP contribution in [0.1, 0.15) is 23.8 Å². The number of aromatic nitrogens is 1. The SMILES string of the molecule is CCOC(=O)CCn1c(C(=O)O)c(O)c2cc(Cl)c(Cl)cc2c1=O. The van der Waals surface area contributed by atoms with E-state index < -0.39 is 28.9 Å². The number of carbonyl (C=O) groups is 2. The molecular weight excluding hydrogens is 361 g/mol. The lowest BCUT2D eigenvalue weighted by Gasteiger charge is -2.14. The topological polar surface area (TPSA) is 106 Å². The number of aromatic carboxylic acids is 1. The second kappa shape index (κ2) is 7.11. The molecule has 24 heavy (non-hydrogen) atoms. The lowest BCUT2D eigenvalue weighted by atomic mass is 10.1. The van der Waals surface area contributed by atoms with Crippen LogP contribution in [0.2, 0.25) is 10.0 Å². The van der Waals surface area contributed by atoms with Gasteiger partial charge in [0.05, 0.1) is 28.5 Å². The smallest absolute Gasteiger partial charge is 0.356 e. The number of ether oxygens (including phenoxy) is 1. The number of benzene rings is 1. The zero-order valence-electron chi connectivity index (χ0n) is 12.5. The summed E-state index contributed by atoms with van der Waals surface area (Å²) in [7, 11) is 0. The first-order valence-corrected chi connectivity index (χ1v) is 7.67. The number of pyridine rings is 1.